The topological polar surface area (TPSA) is 59.9 Å². The highest BCUT2D eigenvalue weighted by molar-refractivity contribution is 5.92. The van der Waals surface area contributed by atoms with Crippen molar-refractivity contribution in [3.8, 4) is 0 Å². The SMILES string of the molecule is CN1CCN([C@@H]2CN(C(=O)c3ccc(F)cn3)CC[C@]2(O)c2ccccc2)CC1. The number of carbonyl (C=O) groups excluding carboxylic acids is 1. The van der Waals surface area contributed by atoms with Crippen LogP contribution < -0.4 is 0 Å². The van der Waals surface area contributed by atoms with Crippen LogP contribution >= 0.6 is 0 Å². The molecule has 1 amide bonds. The Morgan fingerprint density at radius 3 is 2.48 bits per heavy atom. The number of amides is 1. The third kappa shape index (κ3) is 4.03. The quantitative estimate of drug-likeness (QED) is 0.851. The smallest absolute Gasteiger partial charge is 0.272 e. The minimum atomic E-state index is -1.02. The summed E-state index contributed by atoms with van der Waals surface area (Å²) < 4.78 is 13.2. The van der Waals surface area contributed by atoms with Crippen molar-refractivity contribution in [1.29, 1.82) is 0 Å². The fraction of sp³-hybridized carbons (Fsp3) is 0.455. The first-order valence-corrected chi connectivity index (χ1v) is 10.1. The Kier molecular flexibility index (Phi) is 5.63. The van der Waals surface area contributed by atoms with Crippen molar-refractivity contribution >= 4 is 5.91 Å². The molecule has 0 aliphatic carbocycles. The Labute approximate surface area is 170 Å². The number of piperidine rings is 1. The van der Waals surface area contributed by atoms with Crippen LogP contribution in [-0.2, 0) is 5.60 Å². The van der Waals surface area contributed by atoms with Crippen molar-refractivity contribution in [2.75, 3.05) is 46.3 Å². The number of hydrogen-bond acceptors (Lipinski definition) is 5. The number of benzene rings is 1. The summed E-state index contributed by atoms with van der Waals surface area (Å²) >= 11 is 0. The van der Waals surface area contributed by atoms with Crippen LogP contribution in [0.2, 0.25) is 0 Å². The van der Waals surface area contributed by atoms with E-state index in [1.54, 1.807) is 4.90 Å². The molecule has 1 N–H and O–H groups in total. The summed E-state index contributed by atoms with van der Waals surface area (Å²) in [7, 11) is 2.09. The zero-order chi connectivity index (χ0) is 20.4. The van der Waals surface area contributed by atoms with Gasteiger partial charge in [-0.1, -0.05) is 30.3 Å². The number of likely N-dealkylation sites (tertiary alicyclic amines) is 1. The molecule has 0 radical (unpaired) electrons. The molecular formula is C22H27FN4O2. The maximum absolute atomic E-state index is 13.2. The van der Waals surface area contributed by atoms with Gasteiger partial charge < -0.3 is 14.9 Å². The van der Waals surface area contributed by atoms with Crippen LogP contribution in [0.4, 0.5) is 4.39 Å². The molecule has 1 aromatic carbocycles. The summed E-state index contributed by atoms with van der Waals surface area (Å²) in [4.78, 5) is 23.2. The second-order valence-corrected chi connectivity index (χ2v) is 8.01. The number of nitrogens with zero attached hydrogens (tertiary/aromatic N) is 4. The Bertz CT molecular complexity index is 840. The average molecular weight is 398 g/mol. The molecule has 2 fully saturated rings. The summed E-state index contributed by atoms with van der Waals surface area (Å²) in [5, 5.41) is 11.8. The Balaban J connectivity index is 1.61. The zero-order valence-electron chi connectivity index (χ0n) is 16.7. The molecule has 154 valence electrons. The minimum Gasteiger partial charge on any atom is -0.383 e. The Morgan fingerprint density at radius 2 is 1.83 bits per heavy atom. The standard InChI is InChI=1S/C22H27FN4O2/c1-25-11-13-26(14-12-25)20-16-27(21(28)19-8-7-18(23)15-24-19)10-9-22(20,29)17-5-3-2-4-6-17/h2-8,15,20,29H,9-14,16H2,1H3/t20-,22+/m1/s1. The highest BCUT2D eigenvalue weighted by Crippen LogP contribution is 2.36. The summed E-state index contributed by atoms with van der Waals surface area (Å²) in [6.07, 6.45) is 1.51. The van der Waals surface area contributed by atoms with Crippen LogP contribution in [0.15, 0.2) is 48.7 Å². The van der Waals surface area contributed by atoms with Crippen LogP contribution in [0, 0.1) is 5.82 Å². The van der Waals surface area contributed by atoms with E-state index >= 15 is 0 Å². The molecule has 0 bridgehead atoms. The monoisotopic (exact) mass is 398 g/mol. The molecule has 2 atom stereocenters. The normalized spacial score (nSPS) is 26.4. The van der Waals surface area contributed by atoms with Crippen LogP contribution in [0.25, 0.3) is 0 Å². The van der Waals surface area contributed by atoms with E-state index in [-0.39, 0.29) is 17.6 Å². The number of hydrogen-bond donors (Lipinski definition) is 1. The van der Waals surface area contributed by atoms with E-state index in [9.17, 15) is 14.3 Å². The van der Waals surface area contributed by atoms with Crippen LogP contribution in [0.3, 0.4) is 0 Å². The van der Waals surface area contributed by atoms with E-state index in [4.69, 9.17) is 0 Å². The predicted octanol–water partition coefficient (Wildman–Crippen LogP) is 1.57. The van der Waals surface area contributed by atoms with Crippen molar-refractivity contribution in [2.24, 2.45) is 0 Å². The lowest BCUT2D eigenvalue weighted by Crippen LogP contribution is -2.64. The first-order chi connectivity index (χ1) is 14.0. The highest BCUT2D eigenvalue weighted by Gasteiger charge is 2.47. The molecular weight excluding hydrogens is 371 g/mol. The maximum atomic E-state index is 13.2. The Morgan fingerprint density at radius 1 is 1.10 bits per heavy atom. The zero-order valence-corrected chi connectivity index (χ0v) is 16.7. The fourth-order valence-electron chi connectivity index (χ4n) is 4.39. The first kappa shape index (κ1) is 19.9. The number of halogens is 1. The van der Waals surface area contributed by atoms with Gasteiger partial charge >= 0.3 is 0 Å². The lowest BCUT2D eigenvalue weighted by atomic mass is 9.79. The molecule has 2 saturated heterocycles. The van der Waals surface area contributed by atoms with Gasteiger partial charge in [0.2, 0.25) is 0 Å². The molecule has 29 heavy (non-hydrogen) atoms. The van der Waals surface area contributed by atoms with Crippen molar-refractivity contribution in [1.82, 2.24) is 19.7 Å². The van der Waals surface area contributed by atoms with Crippen LogP contribution in [0.1, 0.15) is 22.5 Å². The molecule has 0 spiro atoms. The number of likely N-dealkylation sites (N-methyl/N-ethyl adjacent to an activating group) is 1. The molecule has 2 aromatic rings. The van der Waals surface area contributed by atoms with Gasteiger partial charge in [0.15, 0.2) is 0 Å². The average Bonchev–Trinajstić information content (AvgIpc) is 2.75. The van der Waals surface area contributed by atoms with E-state index in [0.717, 1.165) is 37.9 Å². The molecule has 2 aliphatic rings. The van der Waals surface area contributed by atoms with E-state index in [1.807, 2.05) is 30.3 Å². The molecule has 6 nitrogen and oxygen atoms in total. The molecule has 0 unspecified atom stereocenters. The molecule has 7 heteroatoms. The highest BCUT2D eigenvalue weighted by atomic mass is 19.1. The predicted molar refractivity (Wildman–Crippen MR) is 108 cm³/mol. The van der Waals surface area contributed by atoms with Crippen LogP contribution in [0.5, 0.6) is 0 Å². The van der Waals surface area contributed by atoms with Crippen molar-refractivity contribution in [3.63, 3.8) is 0 Å². The van der Waals surface area contributed by atoms with Gasteiger partial charge in [0.05, 0.1) is 12.2 Å². The number of piperazine rings is 1. The number of carbonyl (C=O) groups is 1. The van der Waals surface area contributed by atoms with Gasteiger partial charge in [0.1, 0.15) is 17.1 Å². The first-order valence-electron chi connectivity index (χ1n) is 10.1. The van der Waals surface area contributed by atoms with Gasteiger partial charge in [-0.15, -0.1) is 0 Å². The second kappa shape index (κ2) is 8.18. The summed E-state index contributed by atoms with van der Waals surface area (Å²) in [5.41, 5.74) is 0.0917. The maximum Gasteiger partial charge on any atom is 0.272 e. The van der Waals surface area contributed by atoms with Gasteiger partial charge in [0, 0.05) is 39.3 Å². The largest absolute Gasteiger partial charge is 0.383 e. The third-order valence-electron chi connectivity index (χ3n) is 6.19. The van der Waals surface area contributed by atoms with Crippen molar-refractivity contribution in [3.05, 3.63) is 65.7 Å². The van der Waals surface area contributed by atoms with Crippen molar-refractivity contribution in [2.45, 2.75) is 18.1 Å². The van der Waals surface area contributed by atoms with Crippen LogP contribution in [-0.4, -0.2) is 83.1 Å². The van der Waals surface area contributed by atoms with Crippen molar-refractivity contribution < 1.29 is 14.3 Å². The Hall–Kier alpha value is -2.35. The van der Waals surface area contributed by atoms with Gasteiger partial charge in [-0.2, -0.15) is 0 Å². The molecule has 4 rings (SSSR count). The van der Waals surface area contributed by atoms with Gasteiger partial charge in [-0.25, -0.2) is 9.37 Å². The molecule has 2 aliphatic heterocycles. The van der Waals surface area contributed by atoms with Gasteiger partial charge in [-0.3, -0.25) is 9.69 Å². The van der Waals surface area contributed by atoms with E-state index < -0.39 is 11.4 Å². The molecule has 3 heterocycles. The minimum absolute atomic E-state index is 0.211. The number of aliphatic hydroxyl groups is 1. The fourth-order valence-corrected chi connectivity index (χ4v) is 4.39. The lowest BCUT2D eigenvalue weighted by Gasteiger charge is -2.51. The van der Waals surface area contributed by atoms with Gasteiger partial charge in [0.25, 0.3) is 5.91 Å². The van der Waals surface area contributed by atoms with E-state index in [0.29, 0.717) is 19.5 Å². The molecule has 1 aromatic heterocycles. The van der Waals surface area contributed by atoms with Gasteiger partial charge in [-0.05, 0) is 31.2 Å². The van der Waals surface area contributed by atoms with E-state index in [2.05, 4.69) is 21.8 Å². The number of rotatable bonds is 3. The molecule has 0 saturated carbocycles. The lowest BCUT2D eigenvalue weighted by molar-refractivity contribution is -0.101. The summed E-state index contributed by atoms with van der Waals surface area (Å²) in [5.74, 6) is -0.687. The second-order valence-electron chi connectivity index (χ2n) is 8.01. The summed E-state index contributed by atoms with van der Waals surface area (Å²) in [6, 6.07) is 12.2. The summed E-state index contributed by atoms with van der Waals surface area (Å²) in [6.45, 7) is 4.37. The third-order valence-corrected chi connectivity index (χ3v) is 6.19. The number of pyridine rings is 1. The number of aromatic nitrogens is 1. The van der Waals surface area contributed by atoms with E-state index in [1.165, 1.54) is 12.1 Å².